The number of hydrogen-bond acceptors (Lipinski definition) is 8. The molecule has 36 heavy (non-hydrogen) atoms. The third-order valence-electron chi connectivity index (χ3n) is 6.83. The van der Waals surface area contributed by atoms with Crippen molar-refractivity contribution in [3.05, 3.63) is 60.6 Å². The monoisotopic (exact) mass is 499 g/mol. The van der Waals surface area contributed by atoms with Crippen LogP contribution in [0, 0.1) is 0 Å². The Kier molecular flexibility index (Phi) is 5.94. The molecule has 6 rings (SSSR count). The van der Waals surface area contributed by atoms with Gasteiger partial charge in [-0.25, -0.2) is 15.0 Å². The van der Waals surface area contributed by atoms with Crippen molar-refractivity contribution in [2.45, 2.75) is 18.8 Å². The summed E-state index contributed by atoms with van der Waals surface area (Å²) >= 11 is 0. The molecule has 2 aliphatic rings. The van der Waals surface area contributed by atoms with E-state index in [1.165, 1.54) is 18.4 Å². The van der Waals surface area contributed by atoms with Crippen molar-refractivity contribution < 1.29 is 4.57 Å². The molecule has 184 valence electrons. The minimum absolute atomic E-state index is 0.565. The number of benzene rings is 1. The van der Waals surface area contributed by atoms with Gasteiger partial charge in [0.05, 0.1) is 11.7 Å². The lowest BCUT2D eigenvalue weighted by molar-refractivity contribution is 0.586. The molecule has 0 amide bonds. The van der Waals surface area contributed by atoms with Crippen LogP contribution in [0.25, 0.3) is 22.3 Å². The summed E-state index contributed by atoms with van der Waals surface area (Å²) in [7, 11) is -2.28. The van der Waals surface area contributed by atoms with E-state index >= 15 is 0 Å². The van der Waals surface area contributed by atoms with Gasteiger partial charge in [0.2, 0.25) is 0 Å². The van der Waals surface area contributed by atoms with Gasteiger partial charge >= 0.3 is 0 Å². The molecular weight excluding hydrogens is 469 g/mol. The Morgan fingerprint density at radius 2 is 1.81 bits per heavy atom. The van der Waals surface area contributed by atoms with Crippen LogP contribution in [-0.4, -0.2) is 59.4 Å². The zero-order chi connectivity index (χ0) is 24.7. The molecule has 3 aromatic heterocycles. The first-order valence-electron chi connectivity index (χ1n) is 12.5. The molecule has 1 aliphatic carbocycles. The standard InChI is InChI=1S/C27H30N7OP/c1-36(2,35)21-7-5-20(6-8-21)31-24-15-19(9-10-30-24)26-32-23-17-29-16-22(18-3-4-18)25(23)27(33-26)34-13-11-28-12-14-34/h5-10,15-18,28H,3-4,11-14H2,1-2H3,(H,30,31). The molecule has 2 N–H and O–H groups in total. The SMILES string of the molecule is CP(C)(=O)c1ccc(Nc2cc(-c3nc(N4CCNCC4)c4c(C5CC5)cncc4n3)ccn2)cc1. The Balaban J connectivity index is 1.37. The third kappa shape index (κ3) is 4.71. The quantitative estimate of drug-likeness (QED) is 0.378. The van der Waals surface area contributed by atoms with Crippen molar-refractivity contribution in [1.82, 2.24) is 25.3 Å². The van der Waals surface area contributed by atoms with Crippen LogP contribution >= 0.6 is 7.14 Å². The summed E-state index contributed by atoms with van der Waals surface area (Å²) < 4.78 is 12.3. The van der Waals surface area contributed by atoms with E-state index in [2.05, 4.69) is 25.5 Å². The maximum Gasteiger partial charge on any atom is 0.162 e. The van der Waals surface area contributed by atoms with Gasteiger partial charge < -0.3 is 20.1 Å². The molecule has 0 unspecified atom stereocenters. The average molecular weight is 500 g/mol. The van der Waals surface area contributed by atoms with Crippen molar-refractivity contribution in [2.24, 2.45) is 0 Å². The third-order valence-corrected chi connectivity index (χ3v) is 8.37. The summed E-state index contributed by atoms with van der Waals surface area (Å²) in [6, 6.07) is 11.6. The van der Waals surface area contributed by atoms with E-state index in [-0.39, 0.29) is 0 Å². The fraction of sp³-hybridized carbons (Fsp3) is 0.333. The van der Waals surface area contributed by atoms with Gasteiger partial charge in [-0.2, -0.15) is 0 Å². The molecule has 1 aliphatic heterocycles. The van der Waals surface area contributed by atoms with Crippen LogP contribution in [0.3, 0.4) is 0 Å². The number of anilines is 3. The molecule has 2 fully saturated rings. The number of fused-ring (bicyclic) bond motifs is 1. The molecule has 1 saturated carbocycles. The number of hydrogen-bond donors (Lipinski definition) is 2. The maximum atomic E-state index is 12.3. The second kappa shape index (κ2) is 9.26. The Hall–Kier alpha value is -3.35. The normalized spacial score (nSPS) is 16.3. The minimum Gasteiger partial charge on any atom is -0.353 e. The maximum absolute atomic E-state index is 12.3. The molecule has 0 radical (unpaired) electrons. The lowest BCUT2D eigenvalue weighted by atomic mass is 10.1. The van der Waals surface area contributed by atoms with Crippen LogP contribution < -0.4 is 20.8 Å². The molecule has 1 aromatic carbocycles. The second-order valence-corrected chi connectivity index (χ2v) is 13.2. The molecule has 4 heterocycles. The highest BCUT2D eigenvalue weighted by atomic mass is 31.2. The van der Waals surface area contributed by atoms with Crippen molar-refractivity contribution in [1.29, 1.82) is 0 Å². The second-order valence-electron chi connectivity index (χ2n) is 9.96. The number of aromatic nitrogens is 4. The summed E-state index contributed by atoms with van der Waals surface area (Å²) in [4.78, 5) is 21.5. The van der Waals surface area contributed by atoms with Crippen molar-refractivity contribution in [3.8, 4) is 11.4 Å². The van der Waals surface area contributed by atoms with Crippen LogP contribution in [-0.2, 0) is 4.57 Å². The van der Waals surface area contributed by atoms with Crippen LogP contribution in [0.1, 0.15) is 24.3 Å². The summed E-state index contributed by atoms with van der Waals surface area (Å²) in [5.74, 6) is 2.94. The summed E-state index contributed by atoms with van der Waals surface area (Å²) in [5.41, 5.74) is 3.95. The predicted molar refractivity (Wildman–Crippen MR) is 146 cm³/mol. The van der Waals surface area contributed by atoms with Crippen LogP contribution in [0.5, 0.6) is 0 Å². The number of nitrogens with one attached hydrogen (secondary N) is 2. The minimum atomic E-state index is -2.28. The number of piperazine rings is 1. The van der Waals surface area contributed by atoms with Crippen molar-refractivity contribution >= 4 is 40.7 Å². The largest absolute Gasteiger partial charge is 0.353 e. The predicted octanol–water partition coefficient (Wildman–Crippen LogP) is 4.37. The van der Waals surface area contributed by atoms with Crippen molar-refractivity contribution in [3.63, 3.8) is 0 Å². The van der Waals surface area contributed by atoms with Gasteiger partial charge in [-0.3, -0.25) is 4.98 Å². The van der Waals surface area contributed by atoms with Gasteiger partial charge in [-0.05, 0) is 74.1 Å². The zero-order valence-electron chi connectivity index (χ0n) is 20.6. The molecule has 1 saturated heterocycles. The van der Waals surface area contributed by atoms with Crippen LogP contribution in [0.15, 0.2) is 55.0 Å². The molecule has 8 nitrogen and oxygen atoms in total. The van der Waals surface area contributed by atoms with Gasteiger partial charge in [0, 0.05) is 60.5 Å². The highest BCUT2D eigenvalue weighted by Gasteiger charge is 2.29. The number of rotatable bonds is 6. The van der Waals surface area contributed by atoms with Gasteiger partial charge in [-0.1, -0.05) is 0 Å². The highest BCUT2D eigenvalue weighted by molar-refractivity contribution is 7.70. The van der Waals surface area contributed by atoms with E-state index < -0.39 is 7.14 Å². The molecule has 0 atom stereocenters. The lowest BCUT2D eigenvalue weighted by Crippen LogP contribution is -2.44. The van der Waals surface area contributed by atoms with Crippen LogP contribution in [0.4, 0.5) is 17.3 Å². The Labute approximate surface area is 211 Å². The van der Waals surface area contributed by atoms with E-state index in [0.717, 1.165) is 59.5 Å². The fourth-order valence-corrected chi connectivity index (χ4v) is 5.58. The van der Waals surface area contributed by atoms with Gasteiger partial charge in [0.1, 0.15) is 18.8 Å². The molecule has 9 heteroatoms. The number of nitrogens with zero attached hydrogens (tertiary/aromatic N) is 5. The topological polar surface area (TPSA) is 95.9 Å². The smallest absolute Gasteiger partial charge is 0.162 e. The highest BCUT2D eigenvalue weighted by Crippen LogP contribution is 2.45. The van der Waals surface area contributed by atoms with E-state index in [1.807, 2.05) is 48.8 Å². The molecule has 0 bridgehead atoms. The first-order chi connectivity index (χ1) is 17.5. The van der Waals surface area contributed by atoms with Crippen LogP contribution in [0.2, 0.25) is 0 Å². The van der Waals surface area contributed by atoms with E-state index in [4.69, 9.17) is 9.97 Å². The van der Waals surface area contributed by atoms with Gasteiger partial charge in [0.25, 0.3) is 0 Å². The molecular formula is C27H30N7OP. The summed E-state index contributed by atoms with van der Waals surface area (Å²) in [6.45, 7) is 7.28. The lowest BCUT2D eigenvalue weighted by Gasteiger charge is -2.30. The van der Waals surface area contributed by atoms with Crippen molar-refractivity contribution in [2.75, 3.05) is 49.7 Å². The molecule has 4 aromatic rings. The first-order valence-corrected chi connectivity index (χ1v) is 15.1. The molecule has 0 spiro atoms. The van der Waals surface area contributed by atoms with E-state index in [1.54, 1.807) is 19.5 Å². The Morgan fingerprint density at radius 3 is 2.53 bits per heavy atom. The fourth-order valence-electron chi connectivity index (χ4n) is 4.72. The summed E-state index contributed by atoms with van der Waals surface area (Å²) in [6.07, 6.45) is 8.05. The number of pyridine rings is 2. The Morgan fingerprint density at radius 1 is 1.03 bits per heavy atom. The van der Waals surface area contributed by atoms with E-state index in [0.29, 0.717) is 17.6 Å². The van der Waals surface area contributed by atoms with E-state index in [9.17, 15) is 4.57 Å². The van der Waals surface area contributed by atoms with Gasteiger partial charge in [0.15, 0.2) is 5.82 Å². The Bertz CT molecular complexity index is 1460. The summed E-state index contributed by atoms with van der Waals surface area (Å²) in [5, 5.41) is 8.80. The average Bonchev–Trinajstić information content (AvgIpc) is 3.74. The zero-order valence-corrected chi connectivity index (χ0v) is 21.5. The van der Waals surface area contributed by atoms with Gasteiger partial charge in [-0.15, -0.1) is 0 Å². The first kappa shape index (κ1) is 23.1.